The number of nitrogens with zero attached hydrogens (tertiary/aromatic N) is 4. The summed E-state index contributed by atoms with van der Waals surface area (Å²) in [7, 11) is 0. The van der Waals surface area contributed by atoms with E-state index in [9.17, 15) is 14.9 Å². The first kappa shape index (κ1) is 16.9. The number of rotatable bonds is 7. The lowest BCUT2D eigenvalue weighted by atomic mass is 10.1. The zero-order valence-corrected chi connectivity index (χ0v) is 12.6. The van der Waals surface area contributed by atoms with Gasteiger partial charge in [0.15, 0.2) is 0 Å². The van der Waals surface area contributed by atoms with Crippen LogP contribution in [0.1, 0.15) is 17.5 Å². The highest BCUT2D eigenvalue weighted by Gasteiger charge is 2.13. The molecule has 0 atom stereocenters. The molecule has 0 fully saturated rings. The van der Waals surface area contributed by atoms with Crippen LogP contribution in [-0.4, -0.2) is 27.5 Å². The lowest BCUT2D eigenvalue weighted by Gasteiger charge is -2.23. The monoisotopic (exact) mass is 326 g/mol. The highest BCUT2D eigenvalue weighted by Crippen LogP contribution is 2.18. The third kappa shape index (κ3) is 4.51. The Morgan fingerprint density at radius 1 is 1.29 bits per heavy atom. The second-order valence-electron chi connectivity index (χ2n) is 5.01. The van der Waals surface area contributed by atoms with Crippen LogP contribution in [0.25, 0.3) is 0 Å². The van der Waals surface area contributed by atoms with Crippen molar-refractivity contribution in [1.29, 1.82) is 5.26 Å². The normalized spacial score (nSPS) is 9.96. The quantitative estimate of drug-likeness (QED) is 0.612. The number of hydrogen-bond donors (Lipinski definition) is 1. The van der Waals surface area contributed by atoms with Crippen molar-refractivity contribution in [3.63, 3.8) is 0 Å². The molecule has 8 nitrogen and oxygen atoms in total. The molecule has 1 aromatic carbocycles. The number of pyridine rings is 1. The van der Waals surface area contributed by atoms with E-state index in [1.807, 2.05) is 6.07 Å². The topological polar surface area (TPSA) is 120 Å². The zero-order valence-electron chi connectivity index (χ0n) is 12.6. The van der Waals surface area contributed by atoms with E-state index in [-0.39, 0.29) is 18.7 Å². The largest absolute Gasteiger partial charge is 0.481 e. The molecule has 24 heavy (non-hydrogen) atoms. The third-order valence-corrected chi connectivity index (χ3v) is 3.32. The molecule has 0 aliphatic heterocycles. The van der Waals surface area contributed by atoms with E-state index in [0.717, 1.165) is 11.8 Å². The number of carboxylic acids is 1. The van der Waals surface area contributed by atoms with E-state index in [1.54, 1.807) is 29.2 Å². The van der Waals surface area contributed by atoms with Gasteiger partial charge in [-0.3, -0.25) is 14.9 Å². The number of aromatic nitrogens is 1. The molecular weight excluding hydrogens is 312 g/mol. The minimum absolute atomic E-state index is 0.0883. The number of anilines is 1. The maximum absolute atomic E-state index is 10.8. The fourth-order valence-electron chi connectivity index (χ4n) is 2.08. The summed E-state index contributed by atoms with van der Waals surface area (Å²) in [5.41, 5.74) is 1.28. The highest BCUT2D eigenvalue weighted by atomic mass is 16.6. The minimum atomic E-state index is -0.943. The number of aliphatic carboxylic acids is 1. The highest BCUT2D eigenvalue weighted by molar-refractivity contribution is 5.67. The Labute approximate surface area is 137 Å². The molecule has 122 valence electrons. The fraction of sp³-hybridized carbons (Fsp3) is 0.188. The van der Waals surface area contributed by atoms with Crippen LogP contribution in [0, 0.1) is 21.4 Å². The van der Waals surface area contributed by atoms with Crippen molar-refractivity contribution in [2.45, 2.75) is 13.0 Å². The number of carbonyl (C=O) groups is 1. The first-order valence-corrected chi connectivity index (χ1v) is 7.06. The Bertz CT molecular complexity index is 766. The van der Waals surface area contributed by atoms with E-state index in [4.69, 9.17) is 10.4 Å². The van der Waals surface area contributed by atoms with Gasteiger partial charge in [-0.05, 0) is 23.8 Å². The van der Waals surface area contributed by atoms with Gasteiger partial charge < -0.3 is 10.0 Å². The molecule has 0 radical (unpaired) electrons. The van der Waals surface area contributed by atoms with Crippen LogP contribution in [0.2, 0.25) is 0 Å². The van der Waals surface area contributed by atoms with Crippen molar-refractivity contribution >= 4 is 17.5 Å². The van der Waals surface area contributed by atoms with Gasteiger partial charge in [0.2, 0.25) is 0 Å². The van der Waals surface area contributed by atoms with Crippen molar-refractivity contribution in [3.8, 4) is 6.07 Å². The summed E-state index contributed by atoms with van der Waals surface area (Å²) in [5.74, 6) is -0.493. The van der Waals surface area contributed by atoms with Gasteiger partial charge in [0.25, 0.3) is 5.69 Å². The van der Waals surface area contributed by atoms with Crippen molar-refractivity contribution in [1.82, 2.24) is 4.98 Å². The first-order valence-electron chi connectivity index (χ1n) is 7.06. The maximum Gasteiger partial charge on any atom is 0.305 e. The molecule has 0 unspecified atom stereocenters. The smallest absolute Gasteiger partial charge is 0.305 e. The van der Waals surface area contributed by atoms with Crippen LogP contribution in [0.15, 0.2) is 42.6 Å². The average molecular weight is 326 g/mol. The van der Waals surface area contributed by atoms with Gasteiger partial charge in [-0.1, -0.05) is 12.1 Å². The molecule has 1 heterocycles. The van der Waals surface area contributed by atoms with Gasteiger partial charge in [-0.2, -0.15) is 5.26 Å². The summed E-state index contributed by atoms with van der Waals surface area (Å²) in [6, 6.07) is 11.7. The Kier molecular flexibility index (Phi) is 5.41. The van der Waals surface area contributed by atoms with E-state index < -0.39 is 10.9 Å². The summed E-state index contributed by atoms with van der Waals surface area (Å²) in [4.78, 5) is 26.8. The van der Waals surface area contributed by atoms with Crippen LogP contribution in [0.5, 0.6) is 0 Å². The van der Waals surface area contributed by atoms with Crippen LogP contribution < -0.4 is 4.90 Å². The van der Waals surface area contributed by atoms with Crippen LogP contribution in [0.4, 0.5) is 11.5 Å². The molecule has 1 aromatic heterocycles. The van der Waals surface area contributed by atoms with Gasteiger partial charge in [0.05, 0.1) is 23.0 Å². The van der Waals surface area contributed by atoms with Gasteiger partial charge in [-0.25, -0.2) is 4.98 Å². The second kappa shape index (κ2) is 7.69. The van der Waals surface area contributed by atoms with Gasteiger partial charge in [0.1, 0.15) is 12.0 Å². The fourth-order valence-corrected chi connectivity index (χ4v) is 2.08. The number of carboxylic acid groups (broad SMARTS) is 1. The van der Waals surface area contributed by atoms with Gasteiger partial charge in [0, 0.05) is 19.2 Å². The molecule has 2 aromatic rings. The molecule has 2 rings (SSSR count). The molecule has 0 aliphatic rings. The number of hydrogen-bond acceptors (Lipinski definition) is 6. The Morgan fingerprint density at radius 2 is 2.00 bits per heavy atom. The molecule has 0 saturated carbocycles. The van der Waals surface area contributed by atoms with Crippen LogP contribution in [0.3, 0.4) is 0 Å². The number of nitro groups is 1. The predicted octanol–water partition coefficient (Wildman–Crippen LogP) is 2.34. The second-order valence-corrected chi connectivity index (χ2v) is 5.01. The summed E-state index contributed by atoms with van der Waals surface area (Å²) < 4.78 is 0. The zero-order chi connectivity index (χ0) is 17.5. The predicted molar refractivity (Wildman–Crippen MR) is 85.4 cm³/mol. The van der Waals surface area contributed by atoms with Gasteiger partial charge in [-0.15, -0.1) is 0 Å². The van der Waals surface area contributed by atoms with Crippen molar-refractivity contribution in [3.05, 3.63) is 63.8 Å². The van der Waals surface area contributed by atoms with E-state index in [2.05, 4.69) is 4.98 Å². The lowest BCUT2D eigenvalue weighted by molar-refractivity contribution is -0.385. The van der Waals surface area contributed by atoms with Crippen molar-refractivity contribution in [2.24, 2.45) is 0 Å². The maximum atomic E-state index is 10.8. The molecular formula is C16H14N4O4. The lowest BCUT2D eigenvalue weighted by Crippen LogP contribution is -2.26. The standard InChI is InChI=1S/C16H14N4O4/c17-9-12-1-3-13(4-2-12)11-19(8-7-16(21)22)15-6-5-14(10-18-15)20(23)24/h1-6,10H,7-8,11H2,(H,21,22). The summed E-state index contributed by atoms with van der Waals surface area (Å²) in [6.07, 6.45) is 1.05. The van der Waals surface area contributed by atoms with Crippen molar-refractivity contribution in [2.75, 3.05) is 11.4 Å². The van der Waals surface area contributed by atoms with E-state index >= 15 is 0 Å². The minimum Gasteiger partial charge on any atom is -0.481 e. The SMILES string of the molecule is N#Cc1ccc(CN(CCC(=O)O)c2ccc([N+](=O)[O-])cn2)cc1. The summed E-state index contributed by atoms with van der Waals surface area (Å²) in [6.45, 7) is 0.587. The molecule has 0 spiro atoms. The summed E-state index contributed by atoms with van der Waals surface area (Å²) >= 11 is 0. The average Bonchev–Trinajstić information content (AvgIpc) is 2.59. The molecule has 1 N–H and O–H groups in total. The van der Waals surface area contributed by atoms with Crippen LogP contribution in [-0.2, 0) is 11.3 Å². The Hall–Kier alpha value is -3.47. The Balaban J connectivity index is 2.21. The Morgan fingerprint density at radius 3 is 2.50 bits per heavy atom. The van der Waals surface area contributed by atoms with Gasteiger partial charge >= 0.3 is 5.97 Å². The molecule has 0 aliphatic carbocycles. The molecule has 8 heteroatoms. The molecule has 0 saturated heterocycles. The van der Waals surface area contributed by atoms with Crippen molar-refractivity contribution < 1.29 is 14.8 Å². The molecule has 0 amide bonds. The molecule has 0 bridgehead atoms. The van der Waals surface area contributed by atoms with Crippen LogP contribution >= 0.6 is 0 Å². The summed E-state index contributed by atoms with van der Waals surface area (Å²) in [5, 5.41) is 28.4. The number of benzene rings is 1. The third-order valence-electron chi connectivity index (χ3n) is 3.32. The number of nitriles is 1. The first-order chi connectivity index (χ1) is 11.5. The van der Waals surface area contributed by atoms with E-state index in [0.29, 0.717) is 17.9 Å². The van der Waals surface area contributed by atoms with E-state index in [1.165, 1.54) is 12.1 Å².